The summed E-state index contributed by atoms with van der Waals surface area (Å²) in [6.07, 6.45) is 6.52. The number of fused-ring (bicyclic) bond motifs is 2. The van der Waals surface area contributed by atoms with Gasteiger partial charge in [0.1, 0.15) is 0 Å². The van der Waals surface area contributed by atoms with Crippen molar-refractivity contribution in [1.29, 1.82) is 0 Å². The molecule has 214 valence electrons. The molecule has 2 saturated carbocycles. The lowest BCUT2D eigenvalue weighted by molar-refractivity contribution is -0.163. The number of epoxide rings is 2. The molecule has 0 unspecified atom stereocenters. The van der Waals surface area contributed by atoms with Gasteiger partial charge in [-0.05, 0) is 51.4 Å². The zero-order valence-corrected chi connectivity index (χ0v) is 22.6. The minimum Gasteiger partial charge on any atom is -0.465 e. The van der Waals surface area contributed by atoms with Crippen molar-refractivity contribution in [2.45, 2.75) is 102 Å². The van der Waals surface area contributed by atoms with Crippen LogP contribution in [0.3, 0.4) is 0 Å². The quantitative estimate of drug-likeness (QED) is 0.133. The highest BCUT2D eigenvalue weighted by atomic mass is 16.6. The standard InChI is InChI=1S/C28H42O10/c1-3-5-9-33-25(29)17-13-21-23(37-21)15-19(17)27(31)35-11-7-8-12-36-28(32)20-16-24-22(38-24)14-18(20)26(30)34-10-6-4-2/h17-24H,3-16H2,1-2H3/t17-,18-,19-,20+,21-,22-,23-,24+/m0/s1. The van der Waals surface area contributed by atoms with E-state index < -0.39 is 35.6 Å². The molecule has 2 aliphatic carbocycles. The van der Waals surface area contributed by atoms with Crippen LogP contribution in [-0.4, -0.2) is 74.7 Å². The summed E-state index contributed by atoms with van der Waals surface area (Å²) in [5.74, 6) is -3.68. The number of esters is 4. The van der Waals surface area contributed by atoms with Crippen molar-refractivity contribution < 1.29 is 47.6 Å². The molecule has 0 N–H and O–H groups in total. The van der Waals surface area contributed by atoms with Gasteiger partial charge in [-0.15, -0.1) is 0 Å². The second-order valence-electron chi connectivity index (χ2n) is 10.9. The minimum atomic E-state index is -0.556. The highest BCUT2D eigenvalue weighted by Gasteiger charge is 2.54. The maximum absolute atomic E-state index is 12.8. The van der Waals surface area contributed by atoms with Crippen molar-refractivity contribution in [2.75, 3.05) is 26.4 Å². The smallest absolute Gasteiger partial charge is 0.309 e. The van der Waals surface area contributed by atoms with Gasteiger partial charge >= 0.3 is 23.9 Å². The van der Waals surface area contributed by atoms with E-state index in [0.29, 0.717) is 51.7 Å². The Kier molecular flexibility index (Phi) is 10.4. The fourth-order valence-corrected chi connectivity index (χ4v) is 5.50. The summed E-state index contributed by atoms with van der Waals surface area (Å²) in [5.41, 5.74) is 0. The first-order valence-electron chi connectivity index (χ1n) is 14.4. The summed E-state index contributed by atoms with van der Waals surface area (Å²) in [4.78, 5) is 50.6. The normalized spacial score (nSPS) is 32.8. The van der Waals surface area contributed by atoms with E-state index >= 15 is 0 Å². The molecule has 0 radical (unpaired) electrons. The van der Waals surface area contributed by atoms with Crippen LogP contribution in [0.4, 0.5) is 0 Å². The number of rotatable bonds is 15. The van der Waals surface area contributed by atoms with Gasteiger partial charge in [-0.25, -0.2) is 0 Å². The molecule has 2 aliphatic heterocycles. The Bertz CT molecular complexity index is 775. The van der Waals surface area contributed by atoms with Crippen molar-refractivity contribution in [1.82, 2.24) is 0 Å². The summed E-state index contributed by atoms with van der Waals surface area (Å²) >= 11 is 0. The number of hydrogen-bond acceptors (Lipinski definition) is 10. The summed E-state index contributed by atoms with van der Waals surface area (Å²) in [6, 6.07) is 0. The van der Waals surface area contributed by atoms with Crippen LogP contribution in [0.25, 0.3) is 0 Å². The molecule has 4 fully saturated rings. The number of hydrogen-bond donors (Lipinski definition) is 0. The van der Waals surface area contributed by atoms with Crippen LogP contribution in [0.2, 0.25) is 0 Å². The molecule has 38 heavy (non-hydrogen) atoms. The predicted octanol–water partition coefficient (Wildman–Crippen LogP) is 3.13. The minimum absolute atomic E-state index is 0.0236. The maximum atomic E-state index is 12.8. The van der Waals surface area contributed by atoms with Crippen LogP contribution in [0.5, 0.6) is 0 Å². The van der Waals surface area contributed by atoms with Gasteiger partial charge in [-0.1, -0.05) is 26.7 Å². The maximum Gasteiger partial charge on any atom is 0.309 e. The van der Waals surface area contributed by atoms with Crippen molar-refractivity contribution >= 4 is 23.9 Å². The van der Waals surface area contributed by atoms with Gasteiger partial charge < -0.3 is 28.4 Å². The highest BCUT2D eigenvalue weighted by molar-refractivity contribution is 5.83. The fraction of sp³-hybridized carbons (Fsp3) is 0.857. The molecular weight excluding hydrogens is 496 g/mol. The van der Waals surface area contributed by atoms with E-state index in [0.717, 1.165) is 25.7 Å². The largest absolute Gasteiger partial charge is 0.465 e. The lowest BCUT2D eigenvalue weighted by Crippen LogP contribution is -2.38. The fourth-order valence-electron chi connectivity index (χ4n) is 5.50. The third-order valence-corrected chi connectivity index (χ3v) is 8.01. The topological polar surface area (TPSA) is 130 Å². The van der Waals surface area contributed by atoms with Gasteiger partial charge in [0.15, 0.2) is 0 Å². The van der Waals surface area contributed by atoms with Gasteiger partial charge in [0.05, 0.1) is 74.5 Å². The first kappa shape index (κ1) is 28.8. The van der Waals surface area contributed by atoms with Gasteiger partial charge in [0.2, 0.25) is 0 Å². The van der Waals surface area contributed by atoms with Gasteiger partial charge in [0, 0.05) is 0 Å². The third kappa shape index (κ3) is 7.68. The first-order chi connectivity index (χ1) is 18.4. The van der Waals surface area contributed by atoms with Crippen LogP contribution >= 0.6 is 0 Å². The second-order valence-corrected chi connectivity index (χ2v) is 10.9. The lowest BCUT2D eigenvalue weighted by Gasteiger charge is -2.26. The molecule has 10 heteroatoms. The monoisotopic (exact) mass is 538 g/mol. The summed E-state index contributed by atoms with van der Waals surface area (Å²) < 4.78 is 32.8. The van der Waals surface area contributed by atoms with E-state index in [1.807, 2.05) is 13.8 Å². The van der Waals surface area contributed by atoms with Gasteiger partial charge in [0.25, 0.3) is 0 Å². The zero-order valence-electron chi connectivity index (χ0n) is 22.6. The van der Waals surface area contributed by atoms with Crippen LogP contribution in [0, 0.1) is 23.7 Å². The third-order valence-electron chi connectivity index (χ3n) is 8.01. The molecule has 2 heterocycles. The van der Waals surface area contributed by atoms with Crippen molar-refractivity contribution in [3.8, 4) is 0 Å². The molecule has 2 saturated heterocycles. The molecule has 0 bridgehead atoms. The van der Waals surface area contributed by atoms with E-state index in [-0.39, 0.29) is 49.6 Å². The van der Waals surface area contributed by atoms with Crippen LogP contribution in [0.15, 0.2) is 0 Å². The average Bonchev–Trinajstić information content (AvgIpc) is 3.83. The predicted molar refractivity (Wildman–Crippen MR) is 133 cm³/mol. The average molecular weight is 539 g/mol. The highest BCUT2D eigenvalue weighted by Crippen LogP contribution is 2.45. The Morgan fingerprint density at radius 2 is 0.763 bits per heavy atom. The SMILES string of the molecule is CCCCOC(=O)[C@H]1C[C@@H]2O[C@H]2C[C@@H]1C(=O)OCCCCOC(=O)[C@@H]1C[C@H]2O[C@H]2C[C@@H]1C(=O)OCCCC. The number of unbranched alkanes of at least 4 members (excludes halogenated alkanes) is 3. The number of carbonyl (C=O) groups excluding carboxylic acids is 4. The van der Waals surface area contributed by atoms with Crippen LogP contribution in [-0.2, 0) is 47.6 Å². The Morgan fingerprint density at radius 3 is 1.03 bits per heavy atom. The number of carbonyl (C=O) groups is 4. The van der Waals surface area contributed by atoms with E-state index in [4.69, 9.17) is 28.4 Å². The summed E-state index contributed by atoms with van der Waals surface area (Å²) in [7, 11) is 0. The van der Waals surface area contributed by atoms with Crippen molar-refractivity contribution in [3.63, 3.8) is 0 Å². The van der Waals surface area contributed by atoms with E-state index in [9.17, 15) is 19.2 Å². The molecule has 0 amide bonds. The Hall–Kier alpha value is -2.20. The van der Waals surface area contributed by atoms with Gasteiger partial charge in [-0.2, -0.15) is 0 Å². The summed E-state index contributed by atoms with van der Waals surface area (Å²) in [5, 5.41) is 0. The molecule has 0 aromatic carbocycles. The van der Waals surface area contributed by atoms with Gasteiger partial charge in [-0.3, -0.25) is 19.2 Å². The van der Waals surface area contributed by atoms with Crippen molar-refractivity contribution in [2.24, 2.45) is 23.7 Å². The lowest BCUT2D eigenvalue weighted by atomic mass is 9.79. The first-order valence-corrected chi connectivity index (χ1v) is 14.4. The van der Waals surface area contributed by atoms with Crippen LogP contribution < -0.4 is 0 Å². The van der Waals surface area contributed by atoms with Crippen molar-refractivity contribution in [3.05, 3.63) is 0 Å². The Labute approximate surface area is 224 Å². The molecule has 0 spiro atoms. The second kappa shape index (κ2) is 13.7. The molecule has 10 nitrogen and oxygen atoms in total. The zero-order chi connectivity index (χ0) is 27.1. The molecule has 8 atom stereocenters. The molecule has 0 aromatic heterocycles. The van der Waals surface area contributed by atoms with E-state index in [1.165, 1.54) is 0 Å². The van der Waals surface area contributed by atoms with E-state index in [2.05, 4.69) is 0 Å². The molecule has 4 aliphatic rings. The van der Waals surface area contributed by atoms with Crippen LogP contribution in [0.1, 0.15) is 78.1 Å². The summed E-state index contributed by atoms with van der Waals surface area (Å²) in [6.45, 7) is 5.11. The molecule has 0 aromatic rings. The Morgan fingerprint density at radius 1 is 0.500 bits per heavy atom. The molecule has 4 rings (SSSR count). The molecular formula is C28H42O10. The Balaban J connectivity index is 1.14. The number of ether oxygens (including phenoxy) is 6. The van der Waals surface area contributed by atoms with E-state index in [1.54, 1.807) is 0 Å².